The fourth-order valence-corrected chi connectivity index (χ4v) is 3.20. The van der Waals surface area contributed by atoms with Crippen LogP contribution < -0.4 is 0 Å². The van der Waals surface area contributed by atoms with Crippen LogP contribution in [0, 0.1) is 6.92 Å². The van der Waals surface area contributed by atoms with Crippen LogP contribution in [0.3, 0.4) is 0 Å². The average molecular weight is 316 g/mol. The van der Waals surface area contributed by atoms with E-state index in [9.17, 15) is 0 Å². The van der Waals surface area contributed by atoms with Crippen LogP contribution in [0.5, 0.6) is 0 Å². The summed E-state index contributed by atoms with van der Waals surface area (Å²) in [4.78, 5) is 15.9. The third kappa shape index (κ3) is 3.19. The van der Waals surface area contributed by atoms with Gasteiger partial charge in [-0.05, 0) is 36.6 Å². The van der Waals surface area contributed by atoms with Crippen molar-refractivity contribution in [3.05, 3.63) is 77.4 Å². The Balaban J connectivity index is 1.55. The molecule has 0 saturated heterocycles. The first-order valence-corrected chi connectivity index (χ1v) is 8.31. The van der Waals surface area contributed by atoms with Gasteiger partial charge >= 0.3 is 0 Å². The van der Waals surface area contributed by atoms with Crippen molar-refractivity contribution in [2.45, 2.75) is 26.4 Å². The molecule has 0 saturated carbocycles. The fraction of sp³-hybridized carbons (Fsp3) is 0.250. The monoisotopic (exact) mass is 316 g/mol. The summed E-state index contributed by atoms with van der Waals surface area (Å²) >= 11 is 0. The van der Waals surface area contributed by atoms with E-state index < -0.39 is 0 Å². The summed E-state index contributed by atoms with van der Waals surface area (Å²) in [6.45, 7) is 5.04. The first kappa shape index (κ1) is 15.0. The van der Waals surface area contributed by atoms with Gasteiger partial charge in [0.1, 0.15) is 0 Å². The highest BCUT2D eigenvalue weighted by Crippen LogP contribution is 2.22. The van der Waals surface area contributed by atoms with Crippen molar-refractivity contribution in [3.8, 4) is 11.4 Å². The zero-order chi connectivity index (χ0) is 16.4. The third-order valence-electron chi connectivity index (χ3n) is 4.45. The summed E-state index contributed by atoms with van der Waals surface area (Å²) in [7, 11) is 0. The first-order chi connectivity index (χ1) is 11.8. The van der Waals surface area contributed by atoms with E-state index >= 15 is 0 Å². The quantitative estimate of drug-likeness (QED) is 0.742. The van der Waals surface area contributed by atoms with Crippen molar-refractivity contribution in [1.29, 1.82) is 0 Å². The van der Waals surface area contributed by atoms with Crippen LogP contribution in [-0.4, -0.2) is 26.4 Å². The Bertz CT molecular complexity index is 845. The van der Waals surface area contributed by atoms with Crippen LogP contribution in [0.2, 0.25) is 0 Å². The molecule has 0 bridgehead atoms. The minimum absolute atomic E-state index is 0.786. The summed E-state index contributed by atoms with van der Waals surface area (Å²) in [5, 5.41) is 0. The van der Waals surface area contributed by atoms with E-state index in [-0.39, 0.29) is 0 Å². The molecule has 120 valence electrons. The molecule has 0 amide bonds. The lowest BCUT2D eigenvalue weighted by molar-refractivity contribution is 0.241. The lowest BCUT2D eigenvalue weighted by atomic mass is 10.0. The van der Waals surface area contributed by atoms with Crippen molar-refractivity contribution >= 4 is 0 Å². The molecule has 0 radical (unpaired) electrons. The predicted octanol–water partition coefficient (Wildman–Crippen LogP) is 3.41. The first-order valence-electron chi connectivity index (χ1n) is 8.31. The highest BCUT2D eigenvalue weighted by molar-refractivity contribution is 5.54. The zero-order valence-corrected chi connectivity index (χ0v) is 13.8. The van der Waals surface area contributed by atoms with Gasteiger partial charge in [-0.3, -0.25) is 9.88 Å². The van der Waals surface area contributed by atoms with Crippen LogP contribution >= 0.6 is 0 Å². The number of benzene rings is 1. The molecule has 0 unspecified atom stereocenters. The minimum atomic E-state index is 0.786. The second kappa shape index (κ2) is 6.49. The Kier molecular flexibility index (Phi) is 4.05. The van der Waals surface area contributed by atoms with Crippen LogP contribution in [0.4, 0.5) is 0 Å². The molecule has 0 N–H and O–H groups in total. The smallest absolute Gasteiger partial charge is 0.159 e. The Hall–Kier alpha value is -2.59. The number of fused-ring (bicyclic) bond motifs is 1. The molecule has 4 rings (SSSR count). The number of nitrogens with zero attached hydrogens (tertiary/aromatic N) is 4. The molecule has 4 heteroatoms. The van der Waals surface area contributed by atoms with Gasteiger partial charge in [0.2, 0.25) is 0 Å². The van der Waals surface area contributed by atoms with Gasteiger partial charge in [-0.2, -0.15) is 0 Å². The molecular formula is C20H20N4. The number of pyridine rings is 1. The van der Waals surface area contributed by atoms with Crippen molar-refractivity contribution < 1.29 is 0 Å². The lowest BCUT2D eigenvalue weighted by Gasteiger charge is -2.28. The van der Waals surface area contributed by atoms with E-state index in [1.165, 1.54) is 16.7 Å². The van der Waals surface area contributed by atoms with Crippen LogP contribution in [-0.2, 0) is 19.5 Å². The molecule has 1 aliphatic rings. The van der Waals surface area contributed by atoms with Crippen molar-refractivity contribution in [2.24, 2.45) is 0 Å². The van der Waals surface area contributed by atoms with Gasteiger partial charge in [-0.15, -0.1) is 0 Å². The van der Waals surface area contributed by atoms with E-state index in [1.54, 1.807) is 12.4 Å². The number of aromatic nitrogens is 3. The van der Waals surface area contributed by atoms with Gasteiger partial charge in [0.15, 0.2) is 5.82 Å². The largest absolute Gasteiger partial charge is 0.293 e. The Morgan fingerprint density at radius 3 is 2.83 bits per heavy atom. The summed E-state index contributed by atoms with van der Waals surface area (Å²) < 4.78 is 0. The van der Waals surface area contributed by atoms with E-state index in [0.717, 1.165) is 43.1 Å². The summed E-state index contributed by atoms with van der Waals surface area (Å²) in [5.41, 5.74) is 6.11. The van der Waals surface area contributed by atoms with Crippen LogP contribution in [0.1, 0.15) is 22.4 Å². The Labute approximate surface area is 142 Å². The van der Waals surface area contributed by atoms with Crippen LogP contribution in [0.15, 0.2) is 55.0 Å². The molecule has 24 heavy (non-hydrogen) atoms. The molecule has 0 fully saturated rings. The molecule has 1 aliphatic heterocycles. The highest BCUT2D eigenvalue weighted by Gasteiger charge is 2.19. The van der Waals surface area contributed by atoms with E-state index in [2.05, 4.69) is 46.1 Å². The van der Waals surface area contributed by atoms with Gasteiger partial charge in [-0.25, -0.2) is 9.97 Å². The molecule has 3 heterocycles. The second-order valence-corrected chi connectivity index (χ2v) is 6.35. The molecule has 3 aromatic rings. The normalized spacial score (nSPS) is 14.4. The average Bonchev–Trinajstić information content (AvgIpc) is 2.62. The van der Waals surface area contributed by atoms with Crippen molar-refractivity contribution in [2.75, 3.05) is 6.54 Å². The number of aryl methyl sites for hydroxylation is 1. The van der Waals surface area contributed by atoms with Crippen LogP contribution in [0.25, 0.3) is 11.4 Å². The molecular weight excluding hydrogens is 296 g/mol. The highest BCUT2D eigenvalue weighted by atomic mass is 15.1. The maximum absolute atomic E-state index is 4.81. The van der Waals surface area contributed by atoms with E-state index in [0.29, 0.717) is 0 Å². The maximum atomic E-state index is 4.81. The maximum Gasteiger partial charge on any atom is 0.159 e. The predicted molar refractivity (Wildman–Crippen MR) is 94.3 cm³/mol. The molecule has 1 aromatic carbocycles. The Morgan fingerprint density at radius 2 is 2.00 bits per heavy atom. The van der Waals surface area contributed by atoms with Gasteiger partial charge in [0.25, 0.3) is 0 Å². The number of rotatable bonds is 3. The molecule has 0 aliphatic carbocycles. The molecule has 0 atom stereocenters. The summed E-state index contributed by atoms with van der Waals surface area (Å²) in [6.07, 6.45) is 6.56. The summed E-state index contributed by atoms with van der Waals surface area (Å²) in [5.74, 6) is 0.786. The number of hydrogen-bond donors (Lipinski definition) is 0. The SMILES string of the molecule is Cc1cccc(CN2CCc3cnc(-c4ccncc4)nc3C2)c1. The van der Waals surface area contributed by atoms with Crippen molar-refractivity contribution in [1.82, 2.24) is 19.9 Å². The van der Waals surface area contributed by atoms with Gasteiger partial charge in [0, 0.05) is 43.8 Å². The minimum Gasteiger partial charge on any atom is -0.293 e. The second-order valence-electron chi connectivity index (χ2n) is 6.35. The van der Waals surface area contributed by atoms with Gasteiger partial charge in [0.05, 0.1) is 5.69 Å². The van der Waals surface area contributed by atoms with E-state index in [1.807, 2.05) is 18.3 Å². The number of hydrogen-bond acceptors (Lipinski definition) is 4. The molecule has 0 spiro atoms. The lowest BCUT2D eigenvalue weighted by Crippen LogP contribution is -2.31. The Morgan fingerprint density at radius 1 is 1.12 bits per heavy atom. The standard InChI is InChI=1S/C20H20N4/c1-15-3-2-4-16(11-15)13-24-10-7-18-12-22-20(23-19(18)14-24)17-5-8-21-9-6-17/h2-6,8-9,11-12H,7,10,13-14H2,1H3. The molecule has 4 nitrogen and oxygen atoms in total. The molecule has 2 aromatic heterocycles. The van der Waals surface area contributed by atoms with E-state index in [4.69, 9.17) is 4.98 Å². The van der Waals surface area contributed by atoms with Gasteiger partial charge in [-0.1, -0.05) is 29.8 Å². The zero-order valence-electron chi connectivity index (χ0n) is 13.8. The fourth-order valence-electron chi connectivity index (χ4n) is 3.20. The van der Waals surface area contributed by atoms with Crippen molar-refractivity contribution in [3.63, 3.8) is 0 Å². The topological polar surface area (TPSA) is 41.9 Å². The third-order valence-corrected chi connectivity index (χ3v) is 4.45. The van der Waals surface area contributed by atoms with Gasteiger partial charge < -0.3 is 0 Å². The summed E-state index contributed by atoms with van der Waals surface area (Å²) in [6, 6.07) is 12.6.